The number of carboxylic acids is 1. The molecule has 136 valence electrons. The van der Waals surface area contributed by atoms with Crippen molar-refractivity contribution in [1.82, 2.24) is 0 Å². The van der Waals surface area contributed by atoms with Crippen molar-refractivity contribution in [3.05, 3.63) is 12.2 Å². The van der Waals surface area contributed by atoms with E-state index in [1.807, 2.05) is 13.8 Å². The van der Waals surface area contributed by atoms with Crippen molar-refractivity contribution in [2.75, 3.05) is 6.61 Å². The molecular weight excluding hydrogens is 288 g/mol. The van der Waals surface area contributed by atoms with Crippen LogP contribution in [0.25, 0.3) is 0 Å². The van der Waals surface area contributed by atoms with Crippen LogP contribution in [-0.2, 0) is 4.79 Å². The predicted molar refractivity (Wildman–Crippen MR) is 97.7 cm³/mol. The second-order valence-electron chi connectivity index (χ2n) is 7.25. The fourth-order valence-corrected chi connectivity index (χ4v) is 2.61. The summed E-state index contributed by atoms with van der Waals surface area (Å²) in [6.45, 7) is 3.95. The molecule has 0 bridgehead atoms. The molecule has 0 rings (SSSR count). The van der Waals surface area contributed by atoms with Crippen molar-refractivity contribution >= 4 is 5.97 Å². The molecule has 0 heterocycles. The molecule has 0 radical (unpaired) electrons. The average Bonchev–Trinajstić information content (AvgIpc) is 2.51. The molecule has 2 N–H and O–H groups in total. The second-order valence-corrected chi connectivity index (χ2v) is 7.25. The molecule has 0 aromatic rings. The standard InChI is InChI=1S/C20H38O3/c1-20(2,19(22)23)17-15-13-11-9-7-5-3-4-6-8-10-12-14-16-18-21/h3,5,21H,4,6-18H2,1-2H3,(H,22,23). The smallest absolute Gasteiger partial charge is 0.309 e. The van der Waals surface area contributed by atoms with Gasteiger partial charge >= 0.3 is 5.97 Å². The van der Waals surface area contributed by atoms with Gasteiger partial charge in [0.05, 0.1) is 5.41 Å². The molecule has 23 heavy (non-hydrogen) atoms. The van der Waals surface area contributed by atoms with Gasteiger partial charge in [-0.1, -0.05) is 57.1 Å². The number of aliphatic hydroxyl groups excluding tert-OH is 1. The van der Waals surface area contributed by atoms with Crippen LogP contribution in [0.5, 0.6) is 0 Å². The number of hydrogen-bond donors (Lipinski definition) is 2. The zero-order valence-electron chi connectivity index (χ0n) is 15.4. The zero-order valence-corrected chi connectivity index (χ0v) is 15.4. The molecule has 3 nitrogen and oxygen atoms in total. The topological polar surface area (TPSA) is 57.5 Å². The minimum Gasteiger partial charge on any atom is -0.481 e. The van der Waals surface area contributed by atoms with Gasteiger partial charge in [0, 0.05) is 6.61 Å². The summed E-state index contributed by atoms with van der Waals surface area (Å²) >= 11 is 0. The lowest BCUT2D eigenvalue weighted by Crippen LogP contribution is -2.23. The van der Waals surface area contributed by atoms with Crippen LogP contribution in [-0.4, -0.2) is 22.8 Å². The Morgan fingerprint density at radius 3 is 1.70 bits per heavy atom. The summed E-state index contributed by atoms with van der Waals surface area (Å²) in [5.41, 5.74) is -0.571. The van der Waals surface area contributed by atoms with E-state index in [0.717, 1.165) is 38.5 Å². The van der Waals surface area contributed by atoms with E-state index in [9.17, 15) is 4.79 Å². The molecule has 0 amide bonds. The Morgan fingerprint density at radius 1 is 0.783 bits per heavy atom. The van der Waals surface area contributed by atoms with Crippen LogP contribution in [0.2, 0.25) is 0 Å². The van der Waals surface area contributed by atoms with Gasteiger partial charge in [-0.3, -0.25) is 4.79 Å². The summed E-state index contributed by atoms with van der Waals surface area (Å²) in [4.78, 5) is 11.0. The van der Waals surface area contributed by atoms with E-state index in [1.165, 1.54) is 44.9 Å². The van der Waals surface area contributed by atoms with Crippen molar-refractivity contribution in [2.24, 2.45) is 5.41 Å². The third-order valence-electron chi connectivity index (χ3n) is 4.45. The Balaban J connectivity index is 3.27. The highest BCUT2D eigenvalue weighted by Crippen LogP contribution is 2.24. The highest BCUT2D eigenvalue weighted by molar-refractivity contribution is 5.73. The summed E-state index contributed by atoms with van der Waals surface area (Å²) in [6, 6.07) is 0. The van der Waals surface area contributed by atoms with Gasteiger partial charge in [-0.05, 0) is 52.4 Å². The molecule has 0 unspecified atom stereocenters. The lowest BCUT2D eigenvalue weighted by Gasteiger charge is -2.18. The molecule has 0 saturated heterocycles. The molecule has 0 spiro atoms. The Morgan fingerprint density at radius 2 is 1.22 bits per heavy atom. The van der Waals surface area contributed by atoms with Crippen LogP contribution in [0.15, 0.2) is 12.2 Å². The SMILES string of the molecule is CC(C)(CCCCCCC=CCCCCCCCCO)C(=O)O. The maximum absolute atomic E-state index is 11.0. The fourth-order valence-electron chi connectivity index (χ4n) is 2.61. The summed E-state index contributed by atoms with van der Waals surface area (Å²) in [5.74, 6) is -0.686. The number of allylic oxidation sites excluding steroid dienone is 2. The van der Waals surface area contributed by atoms with Crippen molar-refractivity contribution < 1.29 is 15.0 Å². The van der Waals surface area contributed by atoms with Crippen LogP contribution in [0, 0.1) is 5.41 Å². The molecule has 0 aliphatic heterocycles. The number of hydrogen-bond acceptors (Lipinski definition) is 2. The summed E-state index contributed by atoms with van der Waals surface area (Å²) in [6.07, 6.45) is 19.5. The zero-order chi connectivity index (χ0) is 17.4. The second kappa shape index (κ2) is 14.7. The van der Waals surface area contributed by atoms with E-state index in [-0.39, 0.29) is 0 Å². The average molecular weight is 327 g/mol. The van der Waals surface area contributed by atoms with Crippen LogP contribution in [0.4, 0.5) is 0 Å². The van der Waals surface area contributed by atoms with Crippen molar-refractivity contribution in [1.29, 1.82) is 0 Å². The molecule has 0 saturated carbocycles. The van der Waals surface area contributed by atoms with E-state index in [1.54, 1.807) is 0 Å². The van der Waals surface area contributed by atoms with Crippen molar-refractivity contribution in [3.8, 4) is 0 Å². The number of carbonyl (C=O) groups is 1. The summed E-state index contributed by atoms with van der Waals surface area (Å²) < 4.78 is 0. The third-order valence-corrected chi connectivity index (χ3v) is 4.45. The molecule has 3 heteroatoms. The monoisotopic (exact) mass is 326 g/mol. The summed E-state index contributed by atoms with van der Waals surface area (Å²) in [7, 11) is 0. The molecule has 0 atom stereocenters. The number of unbranched alkanes of at least 4 members (excludes halogenated alkanes) is 10. The van der Waals surface area contributed by atoms with E-state index in [4.69, 9.17) is 10.2 Å². The molecule has 0 fully saturated rings. The highest BCUT2D eigenvalue weighted by Gasteiger charge is 2.25. The molecule has 0 aromatic heterocycles. The Kier molecular flexibility index (Phi) is 14.2. The normalized spacial score (nSPS) is 12.1. The van der Waals surface area contributed by atoms with Gasteiger partial charge in [0.25, 0.3) is 0 Å². The van der Waals surface area contributed by atoms with Crippen molar-refractivity contribution in [3.63, 3.8) is 0 Å². The van der Waals surface area contributed by atoms with E-state index >= 15 is 0 Å². The number of rotatable bonds is 16. The quantitative estimate of drug-likeness (QED) is 0.282. The number of carboxylic acid groups (broad SMARTS) is 1. The van der Waals surface area contributed by atoms with Gasteiger partial charge in [-0.15, -0.1) is 0 Å². The van der Waals surface area contributed by atoms with E-state index in [0.29, 0.717) is 6.61 Å². The van der Waals surface area contributed by atoms with Gasteiger partial charge in [-0.25, -0.2) is 0 Å². The van der Waals surface area contributed by atoms with Gasteiger partial charge in [0.2, 0.25) is 0 Å². The minimum atomic E-state index is -0.686. The van der Waals surface area contributed by atoms with Gasteiger partial charge in [0.1, 0.15) is 0 Å². The molecule has 0 aliphatic carbocycles. The maximum Gasteiger partial charge on any atom is 0.309 e. The minimum absolute atomic E-state index is 0.333. The van der Waals surface area contributed by atoms with E-state index in [2.05, 4.69) is 12.2 Å². The van der Waals surface area contributed by atoms with Crippen LogP contribution < -0.4 is 0 Å². The number of aliphatic hydroxyl groups is 1. The Labute approximate surface area is 143 Å². The van der Waals surface area contributed by atoms with Gasteiger partial charge in [-0.2, -0.15) is 0 Å². The predicted octanol–water partition coefficient (Wildman–Crippen LogP) is 5.72. The molecular formula is C20H38O3. The fraction of sp³-hybridized carbons (Fsp3) is 0.850. The highest BCUT2D eigenvalue weighted by atomic mass is 16.4. The Bertz CT molecular complexity index is 308. The maximum atomic E-state index is 11.0. The van der Waals surface area contributed by atoms with Gasteiger partial charge in [0.15, 0.2) is 0 Å². The van der Waals surface area contributed by atoms with Crippen LogP contribution in [0.3, 0.4) is 0 Å². The first kappa shape index (κ1) is 22.2. The molecule has 0 aliphatic rings. The van der Waals surface area contributed by atoms with Crippen molar-refractivity contribution in [2.45, 2.75) is 97.3 Å². The first-order chi connectivity index (χ1) is 11.0. The Hall–Kier alpha value is -0.830. The lowest BCUT2D eigenvalue weighted by atomic mass is 9.87. The van der Waals surface area contributed by atoms with Crippen LogP contribution >= 0.6 is 0 Å². The molecule has 0 aromatic carbocycles. The first-order valence-electron chi connectivity index (χ1n) is 9.50. The number of aliphatic carboxylic acids is 1. The summed E-state index contributed by atoms with van der Waals surface area (Å²) in [5, 5.41) is 17.7. The van der Waals surface area contributed by atoms with Crippen LogP contribution in [0.1, 0.15) is 97.3 Å². The van der Waals surface area contributed by atoms with Gasteiger partial charge < -0.3 is 10.2 Å². The lowest BCUT2D eigenvalue weighted by molar-refractivity contribution is -0.147. The third kappa shape index (κ3) is 14.5. The first-order valence-corrected chi connectivity index (χ1v) is 9.50. The van der Waals surface area contributed by atoms with E-state index < -0.39 is 11.4 Å². The largest absolute Gasteiger partial charge is 0.481 e.